The summed E-state index contributed by atoms with van der Waals surface area (Å²) in [5, 5.41) is 2.67. The minimum Gasteiger partial charge on any atom is -0.457 e. The van der Waals surface area contributed by atoms with Crippen molar-refractivity contribution in [3.05, 3.63) is 54.1 Å². The lowest BCUT2D eigenvalue weighted by Crippen LogP contribution is -2.21. The number of benzene rings is 2. The average Bonchev–Trinajstić information content (AvgIpc) is 2.43. The van der Waals surface area contributed by atoms with Crippen molar-refractivity contribution in [2.45, 2.75) is 6.92 Å². The Labute approximate surface area is 112 Å². The van der Waals surface area contributed by atoms with E-state index in [9.17, 15) is 4.79 Å². The van der Waals surface area contributed by atoms with E-state index in [-0.39, 0.29) is 12.5 Å². The Kier molecular flexibility index (Phi) is 4.15. The lowest BCUT2D eigenvalue weighted by Gasteiger charge is -2.07. The van der Waals surface area contributed by atoms with Crippen LogP contribution in [-0.4, -0.2) is 12.5 Å². The number of rotatable bonds is 4. The normalized spacial score (nSPS) is 10.0. The van der Waals surface area contributed by atoms with Gasteiger partial charge < -0.3 is 15.8 Å². The topological polar surface area (TPSA) is 64.3 Å². The molecule has 0 saturated heterocycles. The number of hydrogen-bond donors (Lipinski definition) is 2. The number of nitrogens with two attached hydrogens (primary N) is 1. The van der Waals surface area contributed by atoms with E-state index in [0.717, 1.165) is 11.5 Å². The second kappa shape index (κ2) is 6.02. The van der Waals surface area contributed by atoms with Gasteiger partial charge in [-0.2, -0.15) is 0 Å². The number of ether oxygens (including phenoxy) is 1. The number of nitrogens with one attached hydrogen (secondary N) is 1. The molecule has 98 valence electrons. The van der Waals surface area contributed by atoms with Crippen molar-refractivity contribution in [3.63, 3.8) is 0 Å². The Bertz CT molecular complexity index is 547. The molecule has 2 aromatic carbocycles. The molecule has 19 heavy (non-hydrogen) atoms. The molecule has 0 aromatic heterocycles. The molecule has 2 aromatic rings. The monoisotopic (exact) mass is 256 g/mol. The van der Waals surface area contributed by atoms with Crippen molar-refractivity contribution in [2.75, 3.05) is 11.9 Å². The Morgan fingerprint density at radius 2 is 1.58 bits per heavy atom. The Balaban J connectivity index is 2.02. The fourth-order valence-corrected chi connectivity index (χ4v) is 1.56. The summed E-state index contributed by atoms with van der Waals surface area (Å²) in [5.41, 5.74) is 7.12. The third-order valence-corrected chi connectivity index (χ3v) is 2.58. The number of aryl methyl sites for hydroxylation is 1. The maximum absolute atomic E-state index is 11.1. The van der Waals surface area contributed by atoms with Gasteiger partial charge in [-0.05, 0) is 43.3 Å². The number of amides is 1. The van der Waals surface area contributed by atoms with E-state index in [2.05, 4.69) is 5.32 Å². The first-order valence-electron chi connectivity index (χ1n) is 6.02. The summed E-state index contributed by atoms with van der Waals surface area (Å²) in [6, 6.07) is 15.0. The first-order valence-corrected chi connectivity index (χ1v) is 6.02. The van der Waals surface area contributed by atoms with Crippen LogP contribution in [0.15, 0.2) is 48.5 Å². The Hall–Kier alpha value is -2.33. The summed E-state index contributed by atoms with van der Waals surface area (Å²) in [7, 11) is 0. The first kappa shape index (κ1) is 13.1. The van der Waals surface area contributed by atoms with Crippen molar-refractivity contribution < 1.29 is 9.53 Å². The summed E-state index contributed by atoms with van der Waals surface area (Å²) in [6.45, 7) is 2.00. The fourth-order valence-electron chi connectivity index (χ4n) is 1.56. The molecule has 0 unspecified atom stereocenters. The Morgan fingerprint density at radius 1 is 1.05 bits per heavy atom. The molecule has 4 heteroatoms. The van der Waals surface area contributed by atoms with Gasteiger partial charge >= 0.3 is 0 Å². The molecule has 0 spiro atoms. The molecule has 0 aliphatic carbocycles. The zero-order valence-corrected chi connectivity index (χ0v) is 10.7. The molecule has 4 nitrogen and oxygen atoms in total. The summed E-state index contributed by atoms with van der Waals surface area (Å²) in [5.74, 6) is 1.28. The lowest BCUT2D eigenvalue weighted by molar-refractivity contribution is -0.114. The van der Waals surface area contributed by atoms with Crippen LogP contribution in [0.2, 0.25) is 0 Å². The van der Waals surface area contributed by atoms with Gasteiger partial charge in [0.05, 0.1) is 6.54 Å². The molecule has 0 radical (unpaired) electrons. The highest BCUT2D eigenvalue weighted by Gasteiger charge is 2.00. The van der Waals surface area contributed by atoms with Crippen LogP contribution >= 0.6 is 0 Å². The van der Waals surface area contributed by atoms with E-state index < -0.39 is 0 Å². The maximum Gasteiger partial charge on any atom is 0.238 e. The van der Waals surface area contributed by atoms with Gasteiger partial charge in [-0.25, -0.2) is 0 Å². The molecule has 0 atom stereocenters. The smallest absolute Gasteiger partial charge is 0.238 e. The quantitative estimate of drug-likeness (QED) is 0.884. The van der Waals surface area contributed by atoms with Gasteiger partial charge in [-0.3, -0.25) is 4.79 Å². The molecule has 0 heterocycles. The van der Waals surface area contributed by atoms with Gasteiger partial charge in [0.2, 0.25) is 5.91 Å². The average molecular weight is 256 g/mol. The predicted octanol–water partition coefficient (Wildman–Crippen LogP) is 2.68. The van der Waals surface area contributed by atoms with Crippen molar-refractivity contribution in [1.29, 1.82) is 0 Å². The molecule has 3 N–H and O–H groups in total. The zero-order chi connectivity index (χ0) is 13.7. The summed E-state index contributed by atoms with van der Waals surface area (Å²) < 4.78 is 5.68. The first-order chi connectivity index (χ1) is 9.17. The van der Waals surface area contributed by atoms with Crippen LogP contribution in [-0.2, 0) is 4.79 Å². The SMILES string of the molecule is Cc1ccc(Oc2ccc(NC(=O)CN)cc2)cc1. The number of carbonyl (C=O) groups excluding carboxylic acids is 1. The standard InChI is InChI=1S/C15H16N2O2/c1-11-2-6-13(7-3-11)19-14-8-4-12(5-9-14)17-15(18)10-16/h2-9H,10,16H2,1H3,(H,17,18). The second-order valence-electron chi connectivity index (χ2n) is 4.19. The number of hydrogen-bond acceptors (Lipinski definition) is 3. The van der Waals surface area contributed by atoms with Crippen LogP contribution in [0.25, 0.3) is 0 Å². The minimum atomic E-state index is -0.216. The zero-order valence-electron chi connectivity index (χ0n) is 10.7. The third kappa shape index (κ3) is 3.82. The minimum absolute atomic E-state index is 0.0262. The van der Waals surface area contributed by atoms with Gasteiger partial charge in [0.25, 0.3) is 0 Å². The molecule has 0 bridgehead atoms. The van der Waals surface area contributed by atoms with Crippen LogP contribution in [0, 0.1) is 6.92 Å². The second-order valence-corrected chi connectivity index (χ2v) is 4.19. The highest BCUT2D eigenvalue weighted by molar-refractivity contribution is 5.92. The van der Waals surface area contributed by atoms with Crippen LogP contribution < -0.4 is 15.8 Å². The summed E-state index contributed by atoms with van der Waals surface area (Å²) in [6.07, 6.45) is 0. The predicted molar refractivity (Wildman–Crippen MR) is 75.4 cm³/mol. The van der Waals surface area contributed by atoms with Crippen LogP contribution in [0.4, 0.5) is 5.69 Å². The van der Waals surface area contributed by atoms with Crippen molar-refractivity contribution >= 4 is 11.6 Å². The largest absolute Gasteiger partial charge is 0.457 e. The molecule has 0 aliphatic rings. The molecule has 0 fully saturated rings. The van der Waals surface area contributed by atoms with Gasteiger partial charge in [-0.15, -0.1) is 0 Å². The van der Waals surface area contributed by atoms with E-state index in [4.69, 9.17) is 10.5 Å². The molecule has 0 aliphatic heterocycles. The van der Waals surface area contributed by atoms with E-state index >= 15 is 0 Å². The van der Waals surface area contributed by atoms with E-state index in [0.29, 0.717) is 5.69 Å². The molecule has 0 saturated carbocycles. The molecule has 1 amide bonds. The van der Waals surface area contributed by atoms with E-state index in [1.807, 2.05) is 31.2 Å². The molecular weight excluding hydrogens is 240 g/mol. The highest BCUT2D eigenvalue weighted by Crippen LogP contribution is 2.23. The van der Waals surface area contributed by atoms with Crippen LogP contribution in [0.5, 0.6) is 11.5 Å². The van der Waals surface area contributed by atoms with Crippen molar-refractivity contribution in [2.24, 2.45) is 5.73 Å². The van der Waals surface area contributed by atoms with Crippen molar-refractivity contribution in [3.8, 4) is 11.5 Å². The van der Waals surface area contributed by atoms with Crippen LogP contribution in [0.3, 0.4) is 0 Å². The van der Waals surface area contributed by atoms with Crippen LogP contribution in [0.1, 0.15) is 5.56 Å². The van der Waals surface area contributed by atoms with E-state index in [1.54, 1.807) is 24.3 Å². The van der Waals surface area contributed by atoms with Gasteiger partial charge in [0, 0.05) is 5.69 Å². The highest BCUT2D eigenvalue weighted by atomic mass is 16.5. The van der Waals surface area contributed by atoms with E-state index in [1.165, 1.54) is 5.56 Å². The Morgan fingerprint density at radius 3 is 2.11 bits per heavy atom. The number of carbonyl (C=O) groups is 1. The maximum atomic E-state index is 11.1. The van der Waals surface area contributed by atoms with Crippen molar-refractivity contribution in [1.82, 2.24) is 0 Å². The molecular formula is C15H16N2O2. The van der Waals surface area contributed by atoms with Gasteiger partial charge in [0.1, 0.15) is 11.5 Å². The number of anilines is 1. The molecule has 2 rings (SSSR count). The lowest BCUT2D eigenvalue weighted by atomic mass is 10.2. The fraction of sp³-hybridized carbons (Fsp3) is 0.133. The van der Waals surface area contributed by atoms with Gasteiger partial charge in [0.15, 0.2) is 0 Å². The summed E-state index contributed by atoms with van der Waals surface area (Å²) >= 11 is 0. The summed E-state index contributed by atoms with van der Waals surface area (Å²) in [4.78, 5) is 11.1. The van der Waals surface area contributed by atoms with Gasteiger partial charge in [-0.1, -0.05) is 17.7 Å². The third-order valence-electron chi connectivity index (χ3n) is 2.58.